The predicted molar refractivity (Wildman–Crippen MR) is 109 cm³/mol. The largest absolute Gasteiger partial charge is 0.465 e. The van der Waals surface area contributed by atoms with Gasteiger partial charge in [0.15, 0.2) is 0 Å². The first-order chi connectivity index (χ1) is 13.9. The lowest BCUT2D eigenvalue weighted by Gasteiger charge is -2.43. The molecule has 0 bridgehead atoms. The summed E-state index contributed by atoms with van der Waals surface area (Å²) in [6.07, 6.45) is 0.350. The molecule has 1 fully saturated rings. The smallest absolute Gasteiger partial charge is 0.407 e. The first kappa shape index (κ1) is 21.0. The zero-order chi connectivity index (χ0) is 20.9. The van der Waals surface area contributed by atoms with Gasteiger partial charge in [-0.15, -0.1) is 6.58 Å². The van der Waals surface area contributed by atoms with Gasteiger partial charge in [-0.05, 0) is 17.7 Å². The summed E-state index contributed by atoms with van der Waals surface area (Å²) in [6, 6.07) is 16.4. The van der Waals surface area contributed by atoms with Crippen molar-refractivity contribution < 1.29 is 23.1 Å². The third-order valence-electron chi connectivity index (χ3n) is 4.87. The highest BCUT2D eigenvalue weighted by Gasteiger charge is 2.41. The lowest BCUT2D eigenvalue weighted by atomic mass is 10.1. The third kappa shape index (κ3) is 4.84. The Kier molecular flexibility index (Phi) is 6.68. The molecule has 1 saturated heterocycles. The molecule has 0 saturated carbocycles. The number of rotatable bonds is 7. The van der Waals surface area contributed by atoms with Gasteiger partial charge in [-0.2, -0.15) is 4.31 Å². The Morgan fingerprint density at radius 3 is 2.31 bits per heavy atom. The number of carboxylic acid groups (broad SMARTS) is 1. The van der Waals surface area contributed by atoms with Crippen LogP contribution in [-0.4, -0.2) is 60.6 Å². The number of sulfonamides is 1. The number of carbonyl (C=O) groups is 1. The van der Waals surface area contributed by atoms with Gasteiger partial charge in [-0.3, -0.25) is 4.90 Å². The monoisotopic (exact) mass is 416 g/mol. The van der Waals surface area contributed by atoms with Gasteiger partial charge in [0.2, 0.25) is 10.0 Å². The minimum absolute atomic E-state index is 0.00682. The first-order valence-electron chi connectivity index (χ1n) is 9.24. The highest BCUT2D eigenvalue weighted by molar-refractivity contribution is 7.89. The van der Waals surface area contributed by atoms with Crippen LogP contribution in [0.3, 0.4) is 0 Å². The van der Waals surface area contributed by atoms with E-state index in [1.54, 1.807) is 18.2 Å². The molecule has 0 spiro atoms. The van der Waals surface area contributed by atoms with Gasteiger partial charge in [-0.25, -0.2) is 13.2 Å². The molecule has 1 N–H and O–H groups in total. The van der Waals surface area contributed by atoms with Gasteiger partial charge in [0.25, 0.3) is 0 Å². The molecule has 0 aliphatic carbocycles. The number of amides is 1. The average Bonchev–Trinajstić information content (AvgIpc) is 2.74. The zero-order valence-electron chi connectivity index (χ0n) is 15.9. The van der Waals surface area contributed by atoms with Gasteiger partial charge in [0.05, 0.1) is 30.2 Å². The highest BCUT2D eigenvalue weighted by Crippen LogP contribution is 2.25. The van der Waals surface area contributed by atoms with Crippen molar-refractivity contribution in [1.29, 1.82) is 0 Å². The normalized spacial score (nSPS) is 20.3. The van der Waals surface area contributed by atoms with Gasteiger partial charge >= 0.3 is 6.09 Å². The van der Waals surface area contributed by atoms with Crippen LogP contribution >= 0.6 is 0 Å². The van der Waals surface area contributed by atoms with Crippen molar-refractivity contribution in [3.8, 4) is 0 Å². The topological polar surface area (TPSA) is 87.2 Å². The van der Waals surface area contributed by atoms with Crippen molar-refractivity contribution in [2.24, 2.45) is 0 Å². The molecule has 1 heterocycles. The van der Waals surface area contributed by atoms with Gasteiger partial charge < -0.3 is 9.84 Å². The summed E-state index contributed by atoms with van der Waals surface area (Å²) >= 11 is 0. The maximum atomic E-state index is 13.2. The summed E-state index contributed by atoms with van der Waals surface area (Å²) in [4.78, 5) is 13.0. The van der Waals surface area contributed by atoms with Crippen LogP contribution in [0.2, 0.25) is 0 Å². The van der Waals surface area contributed by atoms with Crippen molar-refractivity contribution in [3.05, 3.63) is 78.9 Å². The van der Waals surface area contributed by atoms with Crippen molar-refractivity contribution in [2.45, 2.75) is 23.6 Å². The number of piperazine rings is 1. The molecular weight excluding hydrogens is 392 g/mol. The summed E-state index contributed by atoms with van der Waals surface area (Å²) in [5, 5.41) is 9.54. The molecule has 1 aliphatic rings. The minimum atomic E-state index is -3.81. The Morgan fingerprint density at radius 1 is 1.10 bits per heavy atom. The third-order valence-corrected chi connectivity index (χ3v) is 6.80. The van der Waals surface area contributed by atoms with Crippen LogP contribution < -0.4 is 0 Å². The van der Waals surface area contributed by atoms with Gasteiger partial charge in [0, 0.05) is 13.1 Å². The first-order valence-corrected chi connectivity index (χ1v) is 10.7. The fraction of sp³-hybridized carbons (Fsp3) is 0.286. The molecule has 2 atom stereocenters. The highest BCUT2D eigenvalue weighted by atomic mass is 32.2. The van der Waals surface area contributed by atoms with E-state index in [-0.39, 0.29) is 24.6 Å². The summed E-state index contributed by atoms with van der Waals surface area (Å²) in [6.45, 7) is 4.07. The van der Waals surface area contributed by atoms with Crippen LogP contribution in [0.5, 0.6) is 0 Å². The van der Waals surface area contributed by atoms with Gasteiger partial charge in [-0.1, -0.05) is 54.6 Å². The van der Waals surface area contributed by atoms with E-state index >= 15 is 0 Å². The number of nitrogens with zero attached hydrogens (tertiary/aromatic N) is 2. The Labute approximate surface area is 170 Å². The van der Waals surface area contributed by atoms with E-state index in [1.807, 2.05) is 30.3 Å². The lowest BCUT2D eigenvalue weighted by Crippen LogP contribution is -2.61. The van der Waals surface area contributed by atoms with Crippen molar-refractivity contribution in [1.82, 2.24) is 9.21 Å². The molecule has 1 aliphatic heterocycles. The lowest BCUT2D eigenvalue weighted by molar-refractivity contribution is 0.0278. The minimum Gasteiger partial charge on any atom is -0.465 e. The average molecular weight is 416 g/mol. The number of hydrogen-bond acceptors (Lipinski definition) is 4. The maximum Gasteiger partial charge on any atom is 0.407 e. The summed E-state index contributed by atoms with van der Waals surface area (Å²) < 4.78 is 33.6. The number of benzene rings is 2. The van der Waals surface area contributed by atoms with E-state index < -0.39 is 28.2 Å². The number of ether oxygens (including phenoxy) is 1. The molecule has 154 valence electrons. The summed E-state index contributed by atoms with van der Waals surface area (Å²) in [7, 11) is -3.81. The van der Waals surface area contributed by atoms with Gasteiger partial charge in [0.1, 0.15) is 0 Å². The van der Waals surface area contributed by atoms with E-state index in [9.17, 15) is 18.3 Å². The Morgan fingerprint density at radius 2 is 1.72 bits per heavy atom. The van der Waals surface area contributed by atoms with Crippen LogP contribution in [0.1, 0.15) is 5.56 Å². The fourth-order valence-corrected chi connectivity index (χ4v) is 4.99. The van der Waals surface area contributed by atoms with E-state index in [1.165, 1.54) is 27.4 Å². The molecule has 0 aromatic heterocycles. The molecule has 29 heavy (non-hydrogen) atoms. The maximum absolute atomic E-state index is 13.2. The molecule has 1 amide bonds. The van der Waals surface area contributed by atoms with Crippen molar-refractivity contribution in [3.63, 3.8) is 0 Å². The van der Waals surface area contributed by atoms with Crippen LogP contribution in [0.25, 0.3) is 0 Å². The van der Waals surface area contributed by atoms with Crippen molar-refractivity contribution in [2.75, 3.05) is 19.7 Å². The molecular formula is C21H24N2O5S. The predicted octanol–water partition coefficient (Wildman–Crippen LogP) is 2.81. The zero-order valence-corrected chi connectivity index (χ0v) is 16.7. The van der Waals surface area contributed by atoms with E-state index in [0.717, 1.165) is 5.56 Å². The summed E-state index contributed by atoms with van der Waals surface area (Å²) in [5.74, 6) is 0. The molecule has 2 unspecified atom stereocenters. The molecule has 7 nitrogen and oxygen atoms in total. The van der Waals surface area contributed by atoms with Crippen LogP contribution in [0.15, 0.2) is 78.2 Å². The molecule has 2 aromatic rings. The molecule has 3 rings (SSSR count). The van der Waals surface area contributed by atoms with E-state index in [2.05, 4.69) is 6.58 Å². The second kappa shape index (κ2) is 9.21. The molecule has 0 radical (unpaired) electrons. The Hall–Kier alpha value is -2.68. The SMILES string of the molecule is C=CC1CN(S(=O)(=O)c2ccccc2)C(COCc2ccccc2)CN1C(=O)O. The Balaban J connectivity index is 1.83. The van der Waals surface area contributed by atoms with Crippen LogP contribution in [0, 0.1) is 0 Å². The fourth-order valence-electron chi connectivity index (χ4n) is 3.35. The summed E-state index contributed by atoms with van der Waals surface area (Å²) in [5.41, 5.74) is 0.958. The van der Waals surface area contributed by atoms with E-state index in [0.29, 0.717) is 6.61 Å². The van der Waals surface area contributed by atoms with Crippen LogP contribution in [-0.2, 0) is 21.4 Å². The standard InChI is InChI=1S/C21H24N2O5S/c1-2-18-14-23(29(26,27)20-11-7-4-8-12-20)19(13-22(18)21(24)25)16-28-15-17-9-5-3-6-10-17/h2-12,18-19H,1,13-16H2,(H,24,25). The van der Waals surface area contributed by atoms with Crippen molar-refractivity contribution >= 4 is 16.1 Å². The quantitative estimate of drug-likeness (QED) is 0.702. The second-order valence-corrected chi connectivity index (χ2v) is 8.67. The van der Waals surface area contributed by atoms with E-state index in [4.69, 9.17) is 4.74 Å². The van der Waals surface area contributed by atoms with Crippen LogP contribution in [0.4, 0.5) is 4.79 Å². The molecule has 8 heteroatoms. The number of hydrogen-bond donors (Lipinski definition) is 1. The molecule has 2 aromatic carbocycles. The second-order valence-electron chi connectivity index (χ2n) is 6.78. The Bertz CT molecular complexity index is 934.